The molecule has 69 heavy (non-hydrogen) atoms. The smallest absolute Gasteiger partial charge is 0.239 e. The molecule has 2 N–H and O–H groups in total. The monoisotopic (exact) mass is 939 g/mol. The van der Waals surface area contributed by atoms with Crippen LogP contribution in [-0.4, -0.2) is 65.2 Å². The maximum absolute atomic E-state index is 15.4. The number of hydrogen-bond acceptors (Lipinski definition) is 10. The summed E-state index contributed by atoms with van der Waals surface area (Å²) in [5.41, 5.74) is 7.00. The minimum absolute atomic E-state index is 0.0309. The Morgan fingerprint density at radius 2 is 1.59 bits per heavy atom. The molecule has 0 aromatic heterocycles. The van der Waals surface area contributed by atoms with Gasteiger partial charge in [-0.3, -0.25) is 4.79 Å². The highest BCUT2D eigenvalue weighted by Crippen LogP contribution is 2.62. The summed E-state index contributed by atoms with van der Waals surface area (Å²) in [6, 6.07) is 27.6. The van der Waals surface area contributed by atoms with E-state index in [2.05, 4.69) is 44.7 Å². The Hall–Kier alpha value is -5.62. The fourth-order valence-corrected chi connectivity index (χ4v) is 11.8. The van der Waals surface area contributed by atoms with Gasteiger partial charge in [0.1, 0.15) is 29.9 Å². The van der Waals surface area contributed by atoms with Gasteiger partial charge in [-0.25, -0.2) is 0 Å². The highest BCUT2D eigenvalue weighted by Gasteiger charge is 2.65. The molecule has 0 radical (unpaired) electrons. The summed E-state index contributed by atoms with van der Waals surface area (Å²) in [6.45, 7) is 9.43. The van der Waals surface area contributed by atoms with Crippen LogP contribution in [0.2, 0.25) is 0 Å². The number of rotatable bonds is 22. The second-order valence-electron chi connectivity index (χ2n) is 19.8. The highest BCUT2D eigenvalue weighted by molar-refractivity contribution is 6.03. The highest BCUT2D eigenvalue weighted by atomic mass is 16.7. The molecule has 4 aromatic rings. The lowest BCUT2D eigenvalue weighted by Crippen LogP contribution is -2.70. The van der Waals surface area contributed by atoms with Gasteiger partial charge in [0, 0.05) is 44.1 Å². The fraction of sp³-hybridized carbons (Fsp3) is 0.483. The fourth-order valence-electron chi connectivity index (χ4n) is 11.8. The van der Waals surface area contributed by atoms with Gasteiger partial charge in [-0.05, 0) is 134 Å². The van der Waals surface area contributed by atoms with E-state index in [9.17, 15) is 10.2 Å². The number of oxime groups is 1. The lowest BCUT2D eigenvalue weighted by Gasteiger charge is -2.60. The molecule has 2 aliphatic heterocycles. The lowest BCUT2D eigenvalue weighted by molar-refractivity contribution is -0.258. The normalized spacial score (nSPS) is 24.0. The minimum Gasteiger partial charge on any atom is -0.459 e. The number of allylic oxidation sites excluding steroid dienone is 1. The summed E-state index contributed by atoms with van der Waals surface area (Å²) < 4.78 is 33.2. The standard InChI is InChI=1S/C58H70N2O9/c1-4-30-66-58-54(60(55(63)27-22-41-14-8-9-15-41)36-43-21-25-52-53(32-43)65-38-64-52)35-50(59-67-37-42-16-6-5-7-17-42)48-33-44(18-10-12-28-61)47(19-11-13-29-62)56(57(48)58)49-34-46(24-26-51(49)69-58)68-45-23-20-39(2)40(3)31-45/h4-7,16-17,20-21,23-26,31-34,41,44,47,54,56-57,61-62H,1,8-15,18-19,22,27-30,35-38H2,2-3H3. The van der Waals surface area contributed by atoms with Crippen LogP contribution in [0, 0.1) is 37.5 Å². The van der Waals surface area contributed by atoms with E-state index in [4.69, 9.17) is 33.7 Å². The van der Waals surface area contributed by atoms with Crippen molar-refractivity contribution in [1.82, 2.24) is 4.90 Å². The van der Waals surface area contributed by atoms with Crippen LogP contribution >= 0.6 is 0 Å². The molecule has 2 fully saturated rings. The zero-order valence-corrected chi connectivity index (χ0v) is 40.5. The third kappa shape index (κ3) is 10.8. The van der Waals surface area contributed by atoms with Crippen LogP contribution < -0.4 is 18.9 Å². The number of nitrogens with zero attached hydrogens (tertiary/aromatic N) is 2. The molecule has 6 atom stereocenters. The van der Waals surface area contributed by atoms with Crippen LogP contribution in [0.15, 0.2) is 114 Å². The molecular formula is C58H70N2O9. The van der Waals surface area contributed by atoms with Gasteiger partial charge in [0.05, 0.1) is 18.2 Å². The summed E-state index contributed by atoms with van der Waals surface area (Å²) in [6.07, 6.45) is 15.1. The van der Waals surface area contributed by atoms with Gasteiger partial charge in [0.2, 0.25) is 18.5 Å². The van der Waals surface area contributed by atoms with Gasteiger partial charge in [0.25, 0.3) is 0 Å². The maximum atomic E-state index is 15.4. The predicted octanol–water partition coefficient (Wildman–Crippen LogP) is 11.7. The number of ether oxygens (including phenoxy) is 5. The van der Waals surface area contributed by atoms with E-state index in [0.29, 0.717) is 54.6 Å². The SMILES string of the molecule is C=CCOC12Oc3ccc(Oc4ccc(C)c(C)c4)cc3C3C(CCCCO)C(CCCCO)C=C(C(=NOCc4ccccc4)CC1N(Cc1ccc4c(c1)OCO4)C(=O)CCC1CCCC1)C32. The van der Waals surface area contributed by atoms with Crippen LogP contribution in [0.3, 0.4) is 0 Å². The van der Waals surface area contributed by atoms with Crippen LogP contribution in [0.5, 0.6) is 28.7 Å². The Balaban J connectivity index is 1.23. The summed E-state index contributed by atoms with van der Waals surface area (Å²) in [5.74, 6) is 2.14. The molecule has 9 rings (SSSR count). The molecule has 0 saturated heterocycles. The molecule has 0 bridgehead atoms. The van der Waals surface area contributed by atoms with Crippen molar-refractivity contribution in [3.05, 3.63) is 137 Å². The second kappa shape index (κ2) is 22.4. The molecule has 0 spiro atoms. The maximum Gasteiger partial charge on any atom is 0.239 e. The molecule has 2 saturated carbocycles. The van der Waals surface area contributed by atoms with Gasteiger partial charge < -0.3 is 43.6 Å². The zero-order chi connectivity index (χ0) is 47.7. The molecule has 366 valence electrons. The topological polar surface area (TPSA) is 129 Å². The molecule has 3 aliphatic carbocycles. The van der Waals surface area contributed by atoms with Crippen LogP contribution in [-0.2, 0) is 27.5 Å². The molecule has 11 heteroatoms. The lowest BCUT2D eigenvalue weighted by atomic mass is 9.55. The number of carbonyl (C=O) groups is 1. The van der Waals surface area contributed by atoms with Crippen molar-refractivity contribution in [2.75, 3.05) is 26.6 Å². The Morgan fingerprint density at radius 1 is 0.841 bits per heavy atom. The van der Waals surface area contributed by atoms with Gasteiger partial charge >= 0.3 is 0 Å². The van der Waals surface area contributed by atoms with Gasteiger partial charge in [-0.15, -0.1) is 6.58 Å². The Bertz CT molecular complexity index is 2460. The number of benzene rings is 4. The van der Waals surface area contributed by atoms with Crippen molar-refractivity contribution in [3.8, 4) is 28.7 Å². The number of aryl methyl sites for hydroxylation is 2. The van der Waals surface area contributed by atoms with Crippen molar-refractivity contribution in [1.29, 1.82) is 0 Å². The van der Waals surface area contributed by atoms with E-state index in [-0.39, 0.29) is 63.4 Å². The Morgan fingerprint density at radius 3 is 2.38 bits per heavy atom. The van der Waals surface area contributed by atoms with Crippen molar-refractivity contribution in [2.24, 2.45) is 28.8 Å². The van der Waals surface area contributed by atoms with Crippen molar-refractivity contribution < 1.29 is 43.5 Å². The Kier molecular flexibility index (Phi) is 15.7. The molecule has 11 nitrogen and oxygen atoms in total. The van der Waals surface area contributed by atoms with Crippen LogP contribution in [0.4, 0.5) is 0 Å². The number of hydrogen-bond donors (Lipinski definition) is 2. The van der Waals surface area contributed by atoms with Crippen molar-refractivity contribution in [2.45, 2.75) is 128 Å². The van der Waals surface area contributed by atoms with Crippen LogP contribution in [0.25, 0.3) is 0 Å². The summed E-state index contributed by atoms with van der Waals surface area (Å²) in [5, 5.41) is 25.3. The average Bonchev–Trinajstić information content (AvgIpc) is 4.08. The molecular weight excluding hydrogens is 869 g/mol. The number of fused-ring (bicyclic) bond motifs is 3. The second-order valence-corrected chi connectivity index (χ2v) is 19.8. The first-order valence-electron chi connectivity index (χ1n) is 25.5. The van der Waals surface area contributed by atoms with E-state index >= 15 is 4.79 Å². The van der Waals surface area contributed by atoms with E-state index in [1.165, 1.54) is 18.4 Å². The predicted molar refractivity (Wildman–Crippen MR) is 266 cm³/mol. The van der Waals surface area contributed by atoms with Gasteiger partial charge in [-0.1, -0.05) is 98.3 Å². The average molecular weight is 939 g/mol. The van der Waals surface area contributed by atoms with Crippen molar-refractivity contribution in [3.63, 3.8) is 0 Å². The van der Waals surface area contributed by atoms with Gasteiger partial charge in [0.15, 0.2) is 11.5 Å². The van der Waals surface area contributed by atoms with E-state index < -0.39 is 17.7 Å². The summed E-state index contributed by atoms with van der Waals surface area (Å²) in [7, 11) is 0. The van der Waals surface area contributed by atoms with E-state index in [0.717, 1.165) is 84.2 Å². The first-order chi connectivity index (χ1) is 33.8. The minimum atomic E-state index is -1.39. The quantitative estimate of drug-likeness (QED) is 0.0449. The summed E-state index contributed by atoms with van der Waals surface area (Å²) >= 11 is 0. The van der Waals surface area contributed by atoms with E-state index in [1.54, 1.807) is 6.08 Å². The molecule has 6 unspecified atom stereocenters. The first-order valence-corrected chi connectivity index (χ1v) is 25.5. The molecule has 1 amide bonds. The number of carbonyl (C=O) groups excluding carboxylic acids is 1. The van der Waals surface area contributed by atoms with Gasteiger partial charge in [-0.2, -0.15) is 0 Å². The third-order valence-electron chi connectivity index (χ3n) is 15.3. The zero-order valence-electron chi connectivity index (χ0n) is 40.5. The summed E-state index contributed by atoms with van der Waals surface area (Å²) in [4.78, 5) is 23.8. The van der Waals surface area contributed by atoms with Crippen molar-refractivity contribution >= 4 is 11.6 Å². The molecule has 4 aromatic carbocycles. The number of unbranched alkanes of at least 4 members (excludes halogenated alkanes) is 2. The largest absolute Gasteiger partial charge is 0.459 e. The number of aliphatic hydroxyl groups is 2. The molecule has 5 aliphatic rings. The first kappa shape index (κ1) is 48.4. The van der Waals surface area contributed by atoms with E-state index in [1.807, 2.05) is 71.6 Å². The Labute approximate surface area is 408 Å². The molecule has 2 heterocycles. The van der Waals surface area contributed by atoms with Crippen LogP contribution in [0.1, 0.15) is 117 Å². The number of aliphatic hydroxyl groups excluding tert-OH is 2. The number of amides is 1. The third-order valence-corrected chi connectivity index (χ3v) is 15.3.